The van der Waals surface area contributed by atoms with Crippen molar-refractivity contribution in [2.24, 2.45) is 11.8 Å². The zero-order valence-corrected chi connectivity index (χ0v) is 36.0. The summed E-state index contributed by atoms with van der Waals surface area (Å²) in [6.45, 7) is 7.38. The summed E-state index contributed by atoms with van der Waals surface area (Å²) < 4.78 is 32.7. The number of hydrogen-bond donors (Lipinski definition) is 1. The third-order valence-corrected chi connectivity index (χ3v) is 10.4. The van der Waals surface area contributed by atoms with Crippen molar-refractivity contribution in [2.45, 2.75) is 181 Å². The first-order valence-electron chi connectivity index (χ1n) is 22.5. The van der Waals surface area contributed by atoms with Gasteiger partial charge in [0, 0.05) is 50.7 Å². The predicted molar refractivity (Wildman–Crippen MR) is 218 cm³/mol. The van der Waals surface area contributed by atoms with Gasteiger partial charge in [0.1, 0.15) is 26.4 Å². The molecule has 1 fully saturated rings. The molecule has 13 nitrogen and oxygen atoms in total. The van der Waals surface area contributed by atoms with E-state index in [4.69, 9.17) is 28.4 Å². The highest BCUT2D eigenvalue weighted by molar-refractivity contribution is 5.70. The molecule has 1 aliphatic rings. The van der Waals surface area contributed by atoms with Crippen LogP contribution in [-0.4, -0.2) is 105 Å². The lowest BCUT2D eigenvalue weighted by molar-refractivity contribution is -0.152. The lowest BCUT2D eigenvalue weighted by atomic mass is 9.91. The molecule has 1 unspecified atom stereocenters. The monoisotopic (exact) mass is 814 g/mol. The molecule has 0 aromatic rings. The molecule has 0 aromatic heterocycles. The van der Waals surface area contributed by atoms with Crippen molar-refractivity contribution < 1.29 is 57.5 Å². The summed E-state index contributed by atoms with van der Waals surface area (Å²) in [5.74, 6) is -2.23. The quantitative estimate of drug-likeness (QED) is 0.0358. The van der Waals surface area contributed by atoms with Gasteiger partial charge >= 0.3 is 30.0 Å². The lowest BCUT2D eigenvalue weighted by Crippen LogP contribution is -2.43. The Morgan fingerprint density at radius 1 is 0.509 bits per heavy atom. The minimum atomic E-state index is -0.869. The van der Waals surface area contributed by atoms with Crippen molar-refractivity contribution in [3.05, 3.63) is 0 Å². The maximum atomic E-state index is 12.8. The van der Waals surface area contributed by atoms with Gasteiger partial charge in [-0.1, -0.05) is 104 Å². The smallest absolute Gasteiger partial charge is 0.465 e. The molecular formula is C44H79NO12. The van der Waals surface area contributed by atoms with Crippen LogP contribution in [0.15, 0.2) is 0 Å². The van der Waals surface area contributed by atoms with E-state index in [9.17, 15) is 29.1 Å². The molecule has 1 aliphatic carbocycles. The summed E-state index contributed by atoms with van der Waals surface area (Å²) in [4.78, 5) is 64.6. The molecule has 0 aromatic carbocycles. The minimum Gasteiger partial charge on any atom is -0.465 e. The number of rotatable bonds is 38. The Morgan fingerprint density at radius 2 is 0.912 bits per heavy atom. The molecule has 0 saturated heterocycles. The van der Waals surface area contributed by atoms with Crippen LogP contribution in [0.1, 0.15) is 175 Å². The Kier molecular flexibility index (Phi) is 33.1. The molecule has 0 spiro atoms. The van der Waals surface area contributed by atoms with Gasteiger partial charge in [-0.25, -0.2) is 4.79 Å². The van der Waals surface area contributed by atoms with Crippen molar-refractivity contribution in [3.8, 4) is 0 Å². The molecule has 332 valence electrons. The number of unbranched alkanes of at least 4 members (excludes halogenated alkanes) is 12. The second-order valence-electron chi connectivity index (χ2n) is 15.6. The van der Waals surface area contributed by atoms with Crippen LogP contribution >= 0.6 is 0 Å². The highest BCUT2D eigenvalue weighted by Crippen LogP contribution is 2.24. The Bertz CT molecular complexity index is 1020. The van der Waals surface area contributed by atoms with Gasteiger partial charge in [0.25, 0.3) is 0 Å². The number of aliphatic hydroxyl groups excluding tert-OH is 1. The topological polar surface area (TPSA) is 164 Å². The second-order valence-corrected chi connectivity index (χ2v) is 15.6. The van der Waals surface area contributed by atoms with Crippen LogP contribution in [0.4, 0.5) is 4.79 Å². The Hall–Kier alpha value is -2.93. The zero-order chi connectivity index (χ0) is 41.8. The van der Waals surface area contributed by atoms with Crippen LogP contribution < -0.4 is 0 Å². The molecule has 1 saturated carbocycles. The molecular weight excluding hydrogens is 734 g/mol. The highest BCUT2D eigenvalue weighted by Gasteiger charge is 2.25. The number of carbonyl (C=O) groups excluding carboxylic acids is 5. The maximum absolute atomic E-state index is 12.8. The second kappa shape index (κ2) is 36.2. The maximum Gasteiger partial charge on any atom is 0.508 e. The number of hydrogen-bond acceptors (Lipinski definition) is 13. The third kappa shape index (κ3) is 29.9. The predicted octanol–water partition coefficient (Wildman–Crippen LogP) is 8.64. The van der Waals surface area contributed by atoms with Crippen LogP contribution in [0.25, 0.3) is 0 Å². The molecule has 1 atom stereocenters. The number of esters is 4. The molecule has 0 radical (unpaired) electrons. The fourth-order valence-corrected chi connectivity index (χ4v) is 6.48. The number of carbonyl (C=O) groups is 5. The SMILES string of the molecule is CCCCCCCC(=O)OCC(CCCC(=O)OCC(COC(=O)CCCCCCC)COC(=O)OCCN(CCO)C1CCC1)COC(=O)CCCCCCC. The number of ether oxygens (including phenoxy) is 6. The zero-order valence-electron chi connectivity index (χ0n) is 36.0. The van der Waals surface area contributed by atoms with Gasteiger partial charge in [-0.05, 0) is 44.9 Å². The number of aliphatic hydroxyl groups is 1. The van der Waals surface area contributed by atoms with Crippen LogP contribution in [0.5, 0.6) is 0 Å². The van der Waals surface area contributed by atoms with Crippen LogP contribution in [0, 0.1) is 11.8 Å². The molecule has 0 bridgehead atoms. The minimum absolute atomic E-state index is 0.0306. The Morgan fingerprint density at radius 3 is 1.32 bits per heavy atom. The van der Waals surface area contributed by atoms with Crippen LogP contribution in [-0.2, 0) is 47.6 Å². The van der Waals surface area contributed by atoms with E-state index >= 15 is 0 Å². The normalized spacial score (nSPS) is 13.2. The van der Waals surface area contributed by atoms with E-state index in [1.807, 2.05) is 0 Å². The lowest BCUT2D eigenvalue weighted by Gasteiger charge is -2.36. The van der Waals surface area contributed by atoms with E-state index in [2.05, 4.69) is 25.7 Å². The van der Waals surface area contributed by atoms with Gasteiger partial charge in [0.2, 0.25) is 0 Å². The summed E-state index contributed by atoms with van der Waals surface area (Å²) in [5, 5.41) is 9.38. The summed E-state index contributed by atoms with van der Waals surface area (Å²) >= 11 is 0. The molecule has 1 rings (SSSR count). The van der Waals surface area contributed by atoms with Crippen molar-refractivity contribution >= 4 is 30.0 Å². The van der Waals surface area contributed by atoms with E-state index in [1.165, 1.54) is 0 Å². The average Bonchev–Trinajstić information content (AvgIpc) is 3.17. The van der Waals surface area contributed by atoms with Crippen LogP contribution in [0.2, 0.25) is 0 Å². The van der Waals surface area contributed by atoms with Crippen molar-refractivity contribution in [1.29, 1.82) is 0 Å². The fraction of sp³-hybridized carbons (Fsp3) is 0.886. The number of nitrogens with zero attached hydrogens (tertiary/aromatic N) is 1. The van der Waals surface area contributed by atoms with Gasteiger partial charge in [-0.15, -0.1) is 0 Å². The van der Waals surface area contributed by atoms with Gasteiger partial charge in [-0.2, -0.15) is 0 Å². The van der Waals surface area contributed by atoms with Gasteiger partial charge < -0.3 is 33.5 Å². The Balaban J connectivity index is 2.64. The Labute approximate surface area is 343 Å². The summed E-state index contributed by atoms with van der Waals surface area (Å²) in [6.07, 6.45) is 19.6. The van der Waals surface area contributed by atoms with Gasteiger partial charge in [0.05, 0.1) is 25.7 Å². The largest absolute Gasteiger partial charge is 0.508 e. The molecule has 57 heavy (non-hydrogen) atoms. The first kappa shape index (κ1) is 52.1. The van der Waals surface area contributed by atoms with Gasteiger partial charge in [-0.3, -0.25) is 24.1 Å². The van der Waals surface area contributed by atoms with Crippen LogP contribution in [0.3, 0.4) is 0 Å². The summed E-state index contributed by atoms with van der Waals surface area (Å²) in [7, 11) is 0. The molecule has 13 heteroatoms. The third-order valence-electron chi connectivity index (χ3n) is 10.4. The van der Waals surface area contributed by atoms with E-state index < -0.39 is 18.0 Å². The molecule has 0 heterocycles. The van der Waals surface area contributed by atoms with Crippen molar-refractivity contribution in [1.82, 2.24) is 4.90 Å². The standard InChI is InChI=1S/C44H79NO12/c1-4-7-10-13-16-24-40(47)53-32-37(33-54-41(48)25-17-14-11-8-5-2)21-19-27-43(50)56-35-38(34-55-42(49)26-18-15-12-9-6-3)36-57-44(51)52-31-29-45(28-30-46)39-22-20-23-39/h37-39,46H,4-36H2,1-3H3. The molecule has 1 N–H and O–H groups in total. The summed E-state index contributed by atoms with van der Waals surface area (Å²) in [5.41, 5.74) is 0. The van der Waals surface area contributed by atoms with E-state index in [-0.39, 0.29) is 82.9 Å². The van der Waals surface area contributed by atoms with E-state index in [0.29, 0.717) is 44.8 Å². The highest BCUT2D eigenvalue weighted by atomic mass is 16.7. The fourth-order valence-electron chi connectivity index (χ4n) is 6.48. The van der Waals surface area contributed by atoms with E-state index in [0.717, 1.165) is 116 Å². The summed E-state index contributed by atoms with van der Waals surface area (Å²) in [6, 6.07) is 0.392. The van der Waals surface area contributed by atoms with Gasteiger partial charge in [0.15, 0.2) is 0 Å². The average molecular weight is 814 g/mol. The van der Waals surface area contributed by atoms with E-state index in [1.54, 1.807) is 0 Å². The first-order chi connectivity index (χ1) is 27.7. The first-order valence-corrected chi connectivity index (χ1v) is 22.5. The van der Waals surface area contributed by atoms with Crippen molar-refractivity contribution in [3.63, 3.8) is 0 Å². The molecule has 0 aliphatic heterocycles. The van der Waals surface area contributed by atoms with Crippen molar-refractivity contribution in [2.75, 3.05) is 59.3 Å². The molecule has 0 amide bonds.